The third-order valence-corrected chi connectivity index (χ3v) is 3.05. The smallest absolute Gasteiger partial charge is 0.118 e. The van der Waals surface area contributed by atoms with Crippen molar-refractivity contribution in [1.29, 1.82) is 0 Å². The van der Waals surface area contributed by atoms with Gasteiger partial charge in [-0.05, 0) is 36.2 Å². The number of methoxy groups -OCH3 is 1. The highest BCUT2D eigenvalue weighted by Gasteiger charge is 2.21. The van der Waals surface area contributed by atoms with Crippen molar-refractivity contribution in [3.8, 4) is 5.75 Å². The van der Waals surface area contributed by atoms with Crippen LogP contribution in [-0.2, 0) is 12.8 Å². The van der Waals surface area contributed by atoms with Gasteiger partial charge >= 0.3 is 0 Å². The molecule has 1 aromatic carbocycles. The summed E-state index contributed by atoms with van der Waals surface area (Å²) in [5.74, 6) is 0.829. The summed E-state index contributed by atoms with van der Waals surface area (Å²) in [5.41, 5.74) is 1.35. The number of pyridine rings is 1. The first-order chi connectivity index (χ1) is 9.09. The third kappa shape index (κ3) is 4.07. The Morgan fingerprint density at radius 2 is 1.79 bits per heavy atom. The summed E-state index contributed by atoms with van der Waals surface area (Å²) in [6.07, 6.45) is 4.73. The molecule has 0 saturated heterocycles. The molecule has 0 aliphatic rings. The molecule has 3 nitrogen and oxygen atoms in total. The van der Waals surface area contributed by atoms with E-state index in [2.05, 4.69) is 4.98 Å². The quantitative estimate of drug-likeness (QED) is 0.895. The molecule has 3 heteroatoms. The molecular formula is C16H19NO2. The molecule has 0 aliphatic heterocycles. The van der Waals surface area contributed by atoms with Crippen molar-refractivity contribution in [3.05, 3.63) is 59.9 Å². The topological polar surface area (TPSA) is 42.4 Å². The molecule has 0 fully saturated rings. The molecule has 0 aliphatic carbocycles. The van der Waals surface area contributed by atoms with E-state index in [1.54, 1.807) is 19.5 Å². The number of hydrogen-bond donors (Lipinski definition) is 1. The van der Waals surface area contributed by atoms with Gasteiger partial charge < -0.3 is 9.84 Å². The Bertz CT molecular complexity index is 506. The predicted molar refractivity (Wildman–Crippen MR) is 75.3 cm³/mol. The van der Waals surface area contributed by atoms with Gasteiger partial charge in [-0.2, -0.15) is 0 Å². The minimum absolute atomic E-state index is 0.590. The fourth-order valence-electron chi connectivity index (χ4n) is 2.19. The van der Waals surface area contributed by atoms with Crippen molar-refractivity contribution in [2.75, 3.05) is 7.11 Å². The van der Waals surface area contributed by atoms with Gasteiger partial charge in [0.25, 0.3) is 0 Å². The number of nitrogens with zero attached hydrogens (tertiary/aromatic N) is 1. The first-order valence-electron chi connectivity index (χ1n) is 6.33. The molecule has 0 bridgehead atoms. The number of aromatic nitrogens is 1. The molecule has 19 heavy (non-hydrogen) atoms. The van der Waals surface area contributed by atoms with Gasteiger partial charge in [0.2, 0.25) is 0 Å². The first kappa shape index (κ1) is 13.6. The van der Waals surface area contributed by atoms with Crippen LogP contribution < -0.4 is 4.74 Å². The molecule has 2 rings (SSSR count). The Kier molecular flexibility index (Phi) is 4.17. The van der Waals surface area contributed by atoms with Gasteiger partial charge in [-0.1, -0.05) is 18.2 Å². The van der Waals surface area contributed by atoms with Crippen LogP contribution in [0, 0.1) is 0 Å². The Hall–Kier alpha value is -1.87. The molecule has 1 aromatic heterocycles. The fourth-order valence-corrected chi connectivity index (χ4v) is 2.19. The van der Waals surface area contributed by atoms with Crippen LogP contribution >= 0.6 is 0 Å². The van der Waals surface area contributed by atoms with E-state index in [1.165, 1.54) is 0 Å². The van der Waals surface area contributed by atoms with Gasteiger partial charge in [-0.15, -0.1) is 0 Å². The average molecular weight is 257 g/mol. The Morgan fingerprint density at radius 1 is 1.11 bits per heavy atom. The Morgan fingerprint density at radius 3 is 2.37 bits per heavy atom. The summed E-state index contributed by atoms with van der Waals surface area (Å²) >= 11 is 0. The fraction of sp³-hybridized carbons (Fsp3) is 0.312. The average Bonchev–Trinajstić information content (AvgIpc) is 2.39. The van der Waals surface area contributed by atoms with E-state index in [0.29, 0.717) is 12.8 Å². The zero-order valence-electron chi connectivity index (χ0n) is 11.3. The minimum atomic E-state index is -0.780. The van der Waals surface area contributed by atoms with Crippen molar-refractivity contribution >= 4 is 0 Å². The second-order valence-corrected chi connectivity index (χ2v) is 5.06. The van der Waals surface area contributed by atoms with Gasteiger partial charge in [0.15, 0.2) is 0 Å². The minimum Gasteiger partial charge on any atom is -0.497 e. The van der Waals surface area contributed by atoms with Crippen molar-refractivity contribution < 1.29 is 9.84 Å². The van der Waals surface area contributed by atoms with Crippen molar-refractivity contribution in [2.24, 2.45) is 0 Å². The van der Waals surface area contributed by atoms with Crippen molar-refractivity contribution in [1.82, 2.24) is 4.98 Å². The van der Waals surface area contributed by atoms with Crippen molar-refractivity contribution in [3.63, 3.8) is 0 Å². The molecule has 0 saturated carbocycles. The van der Waals surface area contributed by atoms with Gasteiger partial charge in [0.05, 0.1) is 12.7 Å². The zero-order chi connectivity index (χ0) is 13.7. The lowest BCUT2D eigenvalue weighted by atomic mass is 9.90. The normalized spacial score (nSPS) is 13.8. The summed E-state index contributed by atoms with van der Waals surface area (Å²) in [5, 5.41) is 10.5. The van der Waals surface area contributed by atoms with Crippen LogP contribution in [0.4, 0.5) is 0 Å². The number of aliphatic hydroxyl groups is 1. The Labute approximate surface area is 113 Å². The lowest BCUT2D eigenvalue weighted by molar-refractivity contribution is 0.0607. The summed E-state index contributed by atoms with van der Waals surface area (Å²) in [6.45, 7) is 1.85. The lowest BCUT2D eigenvalue weighted by Crippen LogP contribution is -2.30. The molecule has 0 amide bonds. The van der Waals surface area contributed by atoms with Gasteiger partial charge in [0.1, 0.15) is 5.75 Å². The van der Waals surface area contributed by atoms with Crippen LogP contribution in [0.25, 0.3) is 0 Å². The van der Waals surface area contributed by atoms with Crippen LogP contribution in [0.3, 0.4) is 0 Å². The summed E-state index contributed by atoms with van der Waals surface area (Å²) in [6, 6.07) is 11.7. The highest BCUT2D eigenvalue weighted by molar-refractivity contribution is 5.28. The molecule has 1 atom stereocenters. The number of hydrogen-bond acceptors (Lipinski definition) is 3. The number of ether oxygens (including phenoxy) is 1. The van der Waals surface area contributed by atoms with E-state index >= 15 is 0 Å². The van der Waals surface area contributed by atoms with E-state index in [1.807, 2.05) is 43.3 Å². The molecule has 1 unspecified atom stereocenters. The highest BCUT2D eigenvalue weighted by atomic mass is 16.5. The summed E-state index contributed by atoms with van der Waals surface area (Å²) < 4.78 is 5.12. The van der Waals surface area contributed by atoms with Gasteiger partial charge in [-0.25, -0.2) is 0 Å². The second kappa shape index (κ2) is 5.85. The number of benzene rings is 1. The maximum absolute atomic E-state index is 10.5. The summed E-state index contributed by atoms with van der Waals surface area (Å²) in [7, 11) is 1.65. The maximum Gasteiger partial charge on any atom is 0.118 e. The van der Waals surface area contributed by atoms with Crippen LogP contribution in [-0.4, -0.2) is 22.8 Å². The molecule has 1 N–H and O–H groups in total. The third-order valence-electron chi connectivity index (χ3n) is 3.05. The van der Waals surface area contributed by atoms with E-state index in [9.17, 15) is 5.11 Å². The van der Waals surface area contributed by atoms with Crippen LogP contribution in [0.15, 0.2) is 48.8 Å². The van der Waals surface area contributed by atoms with Crippen molar-refractivity contribution in [2.45, 2.75) is 25.4 Å². The van der Waals surface area contributed by atoms with E-state index in [0.717, 1.165) is 16.9 Å². The van der Waals surface area contributed by atoms with Crippen LogP contribution in [0.1, 0.15) is 18.1 Å². The maximum atomic E-state index is 10.5. The highest BCUT2D eigenvalue weighted by Crippen LogP contribution is 2.20. The Balaban J connectivity index is 2.03. The van der Waals surface area contributed by atoms with E-state index in [4.69, 9.17) is 4.74 Å². The molecule has 0 radical (unpaired) electrons. The van der Waals surface area contributed by atoms with E-state index < -0.39 is 5.60 Å². The molecule has 1 heterocycles. The van der Waals surface area contributed by atoms with Crippen LogP contribution in [0.5, 0.6) is 5.75 Å². The van der Waals surface area contributed by atoms with Gasteiger partial charge in [-0.3, -0.25) is 4.98 Å². The summed E-state index contributed by atoms with van der Waals surface area (Å²) in [4.78, 5) is 4.07. The molecule has 0 spiro atoms. The first-order valence-corrected chi connectivity index (χ1v) is 6.33. The lowest BCUT2D eigenvalue weighted by Gasteiger charge is -2.23. The monoisotopic (exact) mass is 257 g/mol. The second-order valence-electron chi connectivity index (χ2n) is 5.06. The SMILES string of the molecule is COc1ccc(CC(C)(O)Cc2cccnc2)cc1. The van der Waals surface area contributed by atoms with Crippen LogP contribution in [0.2, 0.25) is 0 Å². The molecule has 100 valence electrons. The standard InChI is InChI=1S/C16H19NO2/c1-16(18,11-14-4-3-9-17-12-14)10-13-5-7-15(19-2)8-6-13/h3-9,12,18H,10-11H2,1-2H3. The van der Waals surface area contributed by atoms with Gasteiger partial charge in [0, 0.05) is 25.2 Å². The van der Waals surface area contributed by atoms with E-state index in [-0.39, 0.29) is 0 Å². The number of rotatable bonds is 5. The zero-order valence-corrected chi connectivity index (χ0v) is 11.3. The predicted octanol–water partition coefficient (Wildman–Crippen LogP) is 2.63. The largest absolute Gasteiger partial charge is 0.497 e. The molecule has 2 aromatic rings. The molecular weight excluding hydrogens is 238 g/mol.